The number of carbonyl (C=O) groups excluding carboxylic acids is 2. The van der Waals surface area contributed by atoms with Crippen molar-refractivity contribution < 1.29 is 14.3 Å². The van der Waals surface area contributed by atoms with Crippen molar-refractivity contribution in [1.29, 1.82) is 0 Å². The molecule has 1 fully saturated rings. The maximum absolute atomic E-state index is 12.8. The molecule has 114 valence electrons. The fourth-order valence-corrected chi connectivity index (χ4v) is 3.13. The number of halogens is 1. The van der Waals surface area contributed by atoms with E-state index < -0.39 is 0 Å². The van der Waals surface area contributed by atoms with Crippen molar-refractivity contribution in [2.45, 2.75) is 38.6 Å². The molecule has 1 aromatic rings. The van der Waals surface area contributed by atoms with Crippen LogP contribution in [0.5, 0.6) is 0 Å². The summed E-state index contributed by atoms with van der Waals surface area (Å²) in [6, 6.07) is 5.67. The highest BCUT2D eigenvalue weighted by atomic mass is 79.9. The molecule has 5 heteroatoms. The van der Waals surface area contributed by atoms with E-state index in [2.05, 4.69) is 15.9 Å². The molecule has 1 aromatic carbocycles. The van der Waals surface area contributed by atoms with E-state index in [0.29, 0.717) is 12.1 Å². The second-order valence-electron chi connectivity index (χ2n) is 5.41. The molecule has 1 aliphatic rings. The minimum Gasteiger partial charge on any atom is -0.469 e. The summed E-state index contributed by atoms with van der Waals surface area (Å²) in [4.78, 5) is 26.2. The first-order valence-electron chi connectivity index (χ1n) is 7.17. The molecule has 1 saturated heterocycles. The molecule has 1 heterocycles. The fourth-order valence-electron chi connectivity index (χ4n) is 2.71. The Hall–Kier alpha value is -1.36. The zero-order valence-electron chi connectivity index (χ0n) is 12.4. The summed E-state index contributed by atoms with van der Waals surface area (Å²) in [5, 5.41) is 0. The van der Waals surface area contributed by atoms with Crippen molar-refractivity contribution >= 4 is 27.8 Å². The SMILES string of the molecule is COC(=O)CC1CCCCN1C(=O)c1cc(C)ccc1Br. The van der Waals surface area contributed by atoms with Gasteiger partial charge in [-0.05, 0) is 54.2 Å². The van der Waals surface area contributed by atoms with Crippen LogP contribution in [0.4, 0.5) is 0 Å². The average molecular weight is 354 g/mol. The molecule has 0 aromatic heterocycles. The zero-order chi connectivity index (χ0) is 15.4. The average Bonchev–Trinajstić information content (AvgIpc) is 2.49. The van der Waals surface area contributed by atoms with Crippen molar-refractivity contribution in [2.75, 3.05) is 13.7 Å². The van der Waals surface area contributed by atoms with Gasteiger partial charge in [-0.3, -0.25) is 9.59 Å². The van der Waals surface area contributed by atoms with Gasteiger partial charge < -0.3 is 9.64 Å². The van der Waals surface area contributed by atoms with Crippen molar-refractivity contribution in [3.05, 3.63) is 33.8 Å². The summed E-state index contributed by atoms with van der Waals surface area (Å²) in [6.07, 6.45) is 3.14. The number of rotatable bonds is 3. The highest BCUT2D eigenvalue weighted by Crippen LogP contribution is 2.26. The van der Waals surface area contributed by atoms with Crippen LogP contribution in [0.1, 0.15) is 41.6 Å². The molecule has 0 radical (unpaired) electrons. The van der Waals surface area contributed by atoms with Gasteiger partial charge in [0, 0.05) is 17.1 Å². The highest BCUT2D eigenvalue weighted by molar-refractivity contribution is 9.10. The summed E-state index contributed by atoms with van der Waals surface area (Å²) < 4.78 is 5.54. The normalized spacial score (nSPS) is 18.4. The first-order valence-corrected chi connectivity index (χ1v) is 7.96. The van der Waals surface area contributed by atoms with Crippen molar-refractivity contribution in [2.24, 2.45) is 0 Å². The Labute approximate surface area is 133 Å². The Morgan fingerprint density at radius 1 is 1.38 bits per heavy atom. The second-order valence-corrected chi connectivity index (χ2v) is 6.27. The quantitative estimate of drug-likeness (QED) is 0.783. The minimum absolute atomic E-state index is 0.0146. The van der Waals surface area contributed by atoms with Gasteiger partial charge >= 0.3 is 5.97 Å². The molecule has 1 unspecified atom stereocenters. The molecule has 0 saturated carbocycles. The predicted octanol–water partition coefficient (Wildman–Crippen LogP) is 3.32. The van der Waals surface area contributed by atoms with E-state index in [1.165, 1.54) is 7.11 Å². The van der Waals surface area contributed by atoms with Crippen molar-refractivity contribution in [3.63, 3.8) is 0 Å². The third-order valence-electron chi connectivity index (χ3n) is 3.87. The van der Waals surface area contributed by atoms with Crippen molar-refractivity contribution in [1.82, 2.24) is 4.90 Å². The van der Waals surface area contributed by atoms with Crippen LogP contribution >= 0.6 is 15.9 Å². The lowest BCUT2D eigenvalue weighted by atomic mass is 9.98. The largest absolute Gasteiger partial charge is 0.469 e. The summed E-state index contributed by atoms with van der Waals surface area (Å²) in [5.74, 6) is -0.276. The van der Waals surface area contributed by atoms with Crippen LogP contribution in [-0.4, -0.2) is 36.5 Å². The van der Waals surface area contributed by atoms with Gasteiger partial charge in [-0.25, -0.2) is 0 Å². The number of hydrogen-bond donors (Lipinski definition) is 0. The number of carbonyl (C=O) groups is 2. The molecule has 1 amide bonds. The van der Waals surface area contributed by atoms with E-state index in [9.17, 15) is 9.59 Å². The number of methoxy groups -OCH3 is 1. The van der Waals surface area contributed by atoms with Gasteiger partial charge in [0.1, 0.15) is 0 Å². The maximum Gasteiger partial charge on any atom is 0.307 e. The Bertz CT molecular complexity index is 544. The van der Waals surface area contributed by atoms with E-state index in [1.807, 2.05) is 30.0 Å². The summed E-state index contributed by atoms with van der Waals surface area (Å²) in [6.45, 7) is 2.66. The highest BCUT2D eigenvalue weighted by Gasteiger charge is 2.30. The summed E-state index contributed by atoms with van der Waals surface area (Å²) >= 11 is 3.44. The predicted molar refractivity (Wildman–Crippen MR) is 84.2 cm³/mol. The molecule has 0 spiro atoms. The van der Waals surface area contributed by atoms with E-state index >= 15 is 0 Å². The molecule has 4 nitrogen and oxygen atoms in total. The van der Waals surface area contributed by atoms with Crippen LogP contribution in [0, 0.1) is 6.92 Å². The second kappa shape index (κ2) is 7.07. The van der Waals surface area contributed by atoms with Gasteiger partial charge in [-0.15, -0.1) is 0 Å². The van der Waals surface area contributed by atoms with Gasteiger partial charge in [-0.1, -0.05) is 11.6 Å². The Balaban J connectivity index is 2.22. The summed E-state index contributed by atoms with van der Waals surface area (Å²) in [7, 11) is 1.38. The Morgan fingerprint density at radius 3 is 2.86 bits per heavy atom. The van der Waals surface area contributed by atoms with E-state index in [0.717, 1.165) is 29.3 Å². The number of piperidine rings is 1. The molecule has 2 rings (SSSR count). The van der Waals surface area contributed by atoms with Crippen LogP contribution in [0.15, 0.2) is 22.7 Å². The fraction of sp³-hybridized carbons (Fsp3) is 0.500. The zero-order valence-corrected chi connectivity index (χ0v) is 14.0. The van der Waals surface area contributed by atoms with Crippen LogP contribution in [0.3, 0.4) is 0 Å². The lowest BCUT2D eigenvalue weighted by Gasteiger charge is -2.35. The van der Waals surface area contributed by atoms with Gasteiger partial charge in [-0.2, -0.15) is 0 Å². The number of ether oxygens (including phenoxy) is 1. The van der Waals surface area contributed by atoms with Gasteiger partial charge in [0.05, 0.1) is 19.1 Å². The van der Waals surface area contributed by atoms with Crippen LogP contribution < -0.4 is 0 Å². The van der Waals surface area contributed by atoms with Crippen molar-refractivity contribution in [3.8, 4) is 0 Å². The maximum atomic E-state index is 12.8. The van der Waals surface area contributed by atoms with Gasteiger partial charge in [0.25, 0.3) is 5.91 Å². The molecule has 1 aliphatic heterocycles. The monoisotopic (exact) mass is 353 g/mol. The lowest BCUT2D eigenvalue weighted by Crippen LogP contribution is -2.45. The van der Waals surface area contributed by atoms with Gasteiger partial charge in [0.15, 0.2) is 0 Å². The van der Waals surface area contributed by atoms with Crippen LogP contribution in [0.25, 0.3) is 0 Å². The number of nitrogens with zero attached hydrogens (tertiary/aromatic N) is 1. The van der Waals surface area contributed by atoms with Gasteiger partial charge in [0.2, 0.25) is 0 Å². The van der Waals surface area contributed by atoms with E-state index in [-0.39, 0.29) is 24.3 Å². The molecular weight excluding hydrogens is 334 g/mol. The Kier molecular flexibility index (Phi) is 5.39. The molecular formula is C16H20BrNO3. The molecule has 0 aliphatic carbocycles. The molecule has 1 atom stereocenters. The molecule has 0 bridgehead atoms. The molecule has 0 N–H and O–H groups in total. The number of amides is 1. The lowest BCUT2D eigenvalue weighted by molar-refractivity contribution is -0.142. The Morgan fingerprint density at radius 2 is 2.14 bits per heavy atom. The number of benzene rings is 1. The standard InChI is InChI=1S/C16H20BrNO3/c1-11-6-7-14(17)13(9-11)16(20)18-8-4-3-5-12(18)10-15(19)21-2/h6-7,9,12H,3-5,8,10H2,1-2H3. The smallest absolute Gasteiger partial charge is 0.307 e. The number of aryl methyl sites for hydroxylation is 1. The first kappa shape index (κ1) is 16.0. The summed E-state index contributed by atoms with van der Waals surface area (Å²) in [5.41, 5.74) is 1.70. The number of likely N-dealkylation sites (tertiary alicyclic amines) is 1. The van der Waals surface area contributed by atoms with E-state index in [4.69, 9.17) is 4.74 Å². The van der Waals surface area contributed by atoms with E-state index in [1.54, 1.807) is 0 Å². The first-order chi connectivity index (χ1) is 10.0. The molecule has 21 heavy (non-hydrogen) atoms. The van der Waals surface area contributed by atoms with Crippen LogP contribution in [-0.2, 0) is 9.53 Å². The number of esters is 1. The third-order valence-corrected chi connectivity index (χ3v) is 4.56. The number of hydrogen-bond acceptors (Lipinski definition) is 3. The minimum atomic E-state index is -0.261. The topological polar surface area (TPSA) is 46.6 Å². The third kappa shape index (κ3) is 3.84. The van der Waals surface area contributed by atoms with Crippen LogP contribution in [0.2, 0.25) is 0 Å².